The quantitative estimate of drug-likeness (QED) is 0.680. The maximum atomic E-state index is 2.44. The van der Waals surface area contributed by atoms with E-state index in [1.54, 1.807) is 10.4 Å². The second-order valence-corrected chi connectivity index (χ2v) is 6.68. The van der Waals surface area contributed by atoms with E-state index in [0.29, 0.717) is 5.92 Å². The highest BCUT2D eigenvalue weighted by molar-refractivity contribution is 7.12. The summed E-state index contributed by atoms with van der Waals surface area (Å²) >= 11 is 1.96. The van der Waals surface area contributed by atoms with Crippen molar-refractivity contribution < 1.29 is 0 Å². The Morgan fingerprint density at radius 1 is 1.28 bits per heavy atom. The largest absolute Gasteiger partial charge is 0.344 e. The summed E-state index contributed by atoms with van der Waals surface area (Å²) < 4.78 is 0. The zero-order chi connectivity index (χ0) is 12.7. The summed E-state index contributed by atoms with van der Waals surface area (Å²) in [6.45, 7) is 4.46. The maximum absolute atomic E-state index is 2.44. The molecule has 0 saturated heterocycles. The lowest BCUT2D eigenvalue weighted by Gasteiger charge is -2.31. The van der Waals surface area contributed by atoms with Crippen molar-refractivity contribution in [2.24, 2.45) is 0 Å². The average molecular weight is 253 g/mol. The lowest BCUT2D eigenvalue weighted by molar-refractivity contribution is 0.407. The van der Waals surface area contributed by atoms with Crippen LogP contribution >= 0.6 is 11.3 Å². The van der Waals surface area contributed by atoms with Crippen LogP contribution in [0.15, 0.2) is 30.3 Å². The zero-order valence-corrected chi connectivity index (χ0v) is 12.1. The van der Waals surface area contributed by atoms with Crippen LogP contribution < -0.4 is 5.46 Å². The van der Waals surface area contributed by atoms with Crippen molar-refractivity contribution in [2.45, 2.75) is 19.4 Å². The van der Waals surface area contributed by atoms with Gasteiger partial charge in [-0.15, -0.1) is 11.3 Å². The lowest BCUT2D eigenvalue weighted by atomic mass is 9.79. The van der Waals surface area contributed by atoms with Gasteiger partial charge in [0, 0.05) is 22.2 Å². The number of hydrogen-bond donors (Lipinski definition) is 0. The Hall–Kier alpha value is -0.990. The Morgan fingerprint density at radius 2 is 2.06 bits per heavy atom. The second-order valence-electron chi connectivity index (χ2n) is 5.34. The summed E-state index contributed by atoms with van der Waals surface area (Å²) in [6, 6.07) is 11.2. The fourth-order valence-corrected chi connectivity index (χ4v) is 4.14. The highest BCUT2D eigenvalue weighted by Crippen LogP contribution is 2.36. The van der Waals surface area contributed by atoms with Crippen LogP contribution in [-0.2, 0) is 6.54 Å². The van der Waals surface area contributed by atoms with E-state index in [9.17, 15) is 0 Å². The molecule has 2 aromatic rings. The minimum atomic E-state index is 0.546. The van der Waals surface area contributed by atoms with Gasteiger partial charge >= 0.3 is 0 Å². The van der Waals surface area contributed by atoms with Gasteiger partial charge in [-0.25, -0.2) is 0 Å². The van der Waals surface area contributed by atoms with Crippen molar-refractivity contribution in [2.75, 3.05) is 6.54 Å². The topological polar surface area (TPSA) is 3.24 Å². The molecule has 0 saturated carbocycles. The number of aryl methyl sites for hydroxylation is 1. The number of thiophene rings is 1. The third kappa shape index (κ3) is 2.04. The Bertz CT molecular complexity index is 579. The smallest absolute Gasteiger partial charge is 0.185 e. The normalized spacial score (nSPS) is 19.7. The molecule has 18 heavy (non-hydrogen) atoms. The van der Waals surface area contributed by atoms with E-state index < -0.39 is 0 Å². The maximum Gasteiger partial charge on any atom is 0.185 e. The summed E-state index contributed by atoms with van der Waals surface area (Å²) in [5, 5.41) is 0. The van der Waals surface area contributed by atoms with Gasteiger partial charge in [0.15, 0.2) is 7.98 Å². The van der Waals surface area contributed by atoms with E-state index in [1.165, 1.54) is 15.9 Å². The molecule has 4 heteroatoms. The molecule has 1 unspecified atom stereocenters. The number of hydrogen-bond acceptors (Lipinski definition) is 2. The average Bonchev–Trinajstić information content (AvgIpc) is 2.69. The Kier molecular flexibility index (Phi) is 3.08. The van der Waals surface area contributed by atoms with Crippen LogP contribution in [0.4, 0.5) is 0 Å². The second kappa shape index (κ2) is 4.60. The van der Waals surface area contributed by atoms with Crippen molar-refractivity contribution in [3.63, 3.8) is 0 Å². The first-order valence-electron chi connectivity index (χ1n) is 6.48. The number of fused-ring (bicyclic) bond motifs is 1. The van der Waals surface area contributed by atoms with Crippen LogP contribution in [0, 0.1) is 6.92 Å². The number of rotatable bonds is 1. The minimum Gasteiger partial charge on any atom is -0.344 e. The molecule has 90 valence electrons. The summed E-state index contributed by atoms with van der Waals surface area (Å²) in [5.41, 5.74) is 4.46. The molecule has 1 aliphatic rings. The summed E-state index contributed by atoms with van der Waals surface area (Å²) in [5.74, 6) is 0.546. The fourth-order valence-electron chi connectivity index (χ4n) is 2.96. The van der Waals surface area contributed by atoms with Crippen LogP contribution in [0.1, 0.15) is 26.8 Å². The van der Waals surface area contributed by atoms with Crippen molar-refractivity contribution in [1.82, 2.24) is 4.81 Å². The third-order valence-corrected chi connectivity index (χ3v) is 4.86. The van der Waals surface area contributed by atoms with Crippen LogP contribution in [0.5, 0.6) is 0 Å². The highest BCUT2D eigenvalue weighted by atomic mass is 32.1. The molecule has 1 nitrogen and oxygen atoms in total. The molecule has 0 bridgehead atoms. The molecule has 3 rings (SSSR count). The van der Waals surface area contributed by atoms with Crippen molar-refractivity contribution in [3.05, 3.63) is 51.2 Å². The Balaban J connectivity index is 2.10. The van der Waals surface area contributed by atoms with Gasteiger partial charge < -0.3 is 4.81 Å². The number of benzene rings is 1. The molecule has 0 fully saturated rings. The van der Waals surface area contributed by atoms with Gasteiger partial charge in [-0.2, -0.15) is 0 Å². The molecular weight excluding hydrogens is 236 g/mol. The monoisotopic (exact) mass is 253 g/mol. The summed E-state index contributed by atoms with van der Waals surface area (Å²) in [7, 11) is 4.45. The van der Waals surface area contributed by atoms with Gasteiger partial charge in [-0.05, 0) is 30.7 Å². The van der Waals surface area contributed by atoms with Crippen molar-refractivity contribution in [1.29, 1.82) is 0 Å². The van der Waals surface area contributed by atoms with E-state index in [0.717, 1.165) is 13.1 Å². The molecule has 0 N–H and O–H groups in total. The standard InChI is InChI=1S/C14H17B2NS/c1-9-6-11-12(7-17(16)8-14(11)18-9)10-4-2-3-5-13(10)15/h2-6,12H,7-8,15-16H2,1H3. The van der Waals surface area contributed by atoms with Crippen LogP contribution in [0.3, 0.4) is 0 Å². The Labute approximate surface area is 115 Å². The van der Waals surface area contributed by atoms with E-state index in [4.69, 9.17) is 0 Å². The fraction of sp³-hybridized carbons (Fsp3) is 0.286. The molecule has 1 atom stereocenters. The third-order valence-electron chi connectivity index (χ3n) is 3.81. The molecule has 0 radical (unpaired) electrons. The van der Waals surface area contributed by atoms with Crippen LogP contribution in [-0.4, -0.2) is 27.2 Å². The predicted molar refractivity (Wildman–Crippen MR) is 84.5 cm³/mol. The molecular formula is C14H17B2NS. The first-order valence-corrected chi connectivity index (χ1v) is 7.30. The van der Waals surface area contributed by atoms with E-state index in [2.05, 4.69) is 57.9 Å². The lowest BCUT2D eigenvalue weighted by Crippen LogP contribution is -2.33. The number of nitrogens with zero attached hydrogens (tertiary/aromatic N) is 1. The summed E-state index contributed by atoms with van der Waals surface area (Å²) in [4.78, 5) is 5.43. The van der Waals surface area contributed by atoms with Gasteiger partial charge in [-0.3, -0.25) is 0 Å². The van der Waals surface area contributed by atoms with Gasteiger partial charge in [0.1, 0.15) is 7.85 Å². The van der Waals surface area contributed by atoms with Gasteiger partial charge in [0.2, 0.25) is 0 Å². The van der Waals surface area contributed by atoms with Crippen molar-refractivity contribution >= 4 is 32.6 Å². The zero-order valence-electron chi connectivity index (χ0n) is 11.2. The molecule has 0 spiro atoms. The van der Waals surface area contributed by atoms with Gasteiger partial charge in [-0.1, -0.05) is 29.7 Å². The Morgan fingerprint density at radius 3 is 2.83 bits per heavy atom. The SMILES string of the molecule is Bc1ccccc1C1CN(B)Cc2sc(C)cc21. The van der Waals surface area contributed by atoms with Crippen LogP contribution in [0.25, 0.3) is 0 Å². The van der Waals surface area contributed by atoms with E-state index >= 15 is 0 Å². The molecule has 1 aliphatic heterocycles. The highest BCUT2D eigenvalue weighted by Gasteiger charge is 2.26. The molecule has 0 amide bonds. The van der Waals surface area contributed by atoms with Gasteiger partial charge in [0.05, 0.1) is 0 Å². The first-order chi connectivity index (χ1) is 8.65. The molecule has 2 heterocycles. The minimum absolute atomic E-state index is 0.546. The van der Waals surface area contributed by atoms with Gasteiger partial charge in [0.25, 0.3) is 0 Å². The molecule has 0 aliphatic carbocycles. The van der Waals surface area contributed by atoms with Crippen LogP contribution in [0.2, 0.25) is 0 Å². The molecule has 1 aromatic heterocycles. The summed E-state index contributed by atoms with van der Waals surface area (Å²) in [6.07, 6.45) is 0. The molecule has 1 aromatic carbocycles. The van der Waals surface area contributed by atoms with E-state index in [1.807, 2.05) is 11.3 Å². The first kappa shape index (κ1) is 12.1. The predicted octanol–water partition coefficient (Wildman–Crippen LogP) is 0.811. The van der Waals surface area contributed by atoms with E-state index in [-0.39, 0.29) is 0 Å². The van der Waals surface area contributed by atoms with Crippen molar-refractivity contribution in [3.8, 4) is 0 Å².